The number of oxime groups is 1. The van der Waals surface area contributed by atoms with Crippen LogP contribution in [0.2, 0.25) is 0 Å². The third-order valence-electron chi connectivity index (χ3n) is 3.80. The minimum absolute atomic E-state index is 0.330. The van der Waals surface area contributed by atoms with E-state index in [9.17, 15) is 5.11 Å². The van der Waals surface area contributed by atoms with E-state index in [2.05, 4.69) is 18.1 Å². The molecular formula is C18H29NO2. The van der Waals surface area contributed by atoms with Gasteiger partial charge in [0.1, 0.15) is 5.71 Å². The van der Waals surface area contributed by atoms with Crippen LogP contribution in [0.3, 0.4) is 0 Å². The maximum atomic E-state index is 9.58. The molecule has 118 valence electrons. The van der Waals surface area contributed by atoms with Crippen LogP contribution in [0, 0.1) is 0 Å². The Labute approximate surface area is 128 Å². The fourth-order valence-corrected chi connectivity index (χ4v) is 2.55. The first-order chi connectivity index (χ1) is 10.2. The second-order valence-corrected chi connectivity index (χ2v) is 5.73. The van der Waals surface area contributed by atoms with Gasteiger partial charge in [-0.25, -0.2) is 0 Å². The first-order valence-corrected chi connectivity index (χ1v) is 8.18. The third kappa shape index (κ3) is 6.76. The average Bonchev–Trinajstić information content (AvgIpc) is 2.47. The Hall–Kier alpha value is -1.35. The van der Waals surface area contributed by atoms with E-state index in [0.29, 0.717) is 5.71 Å². The van der Waals surface area contributed by atoms with Crippen LogP contribution in [0.1, 0.15) is 69.9 Å². The second kappa shape index (κ2) is 10.4. The Kier molecular flexibility index (Phi) is 8.76. The number of hydrogen-bond donors (Lipinski definition) is 2. The molecule has 21 heavy (non-hydrogen) atoms. The van der Waals surface area contributed by atoms with Crippen LogP contribution in [-0.4, -0.2) is 22.1 Å². The van der Waals surface area contributed by atoms with Crippen molar-refractivity contribution < 1.29 is 10.3 Å². The number of aryl methyl sites for hydroxylation is 1. The second-order valence-electron chi connectivity index (χ2n) is 5.73. The van der Waals surface area contributed by atoms with Gasteiger partial charge in [0.2, 0.25) is 0 Å². The number of nitrogens with zero attached hydrogens (tertiary/aromatic N) is 1. The molecule has 0 radical (unpaired) electrons. The lowest BCUT2D eigenvalue weighted by Gasteiger charge is -2.09. The molecule has 1 aromatic carbocycles. The number of hydrogen-bond acceptors (Lipinski definition) is 3. The Morgan fingerprint density at radius 2 is 1.76 bits per heavy atom. The maximum Gasteiger partial charge on any atom is 0.115 e. The van der Waals surface area contributed by atoms with E-state index >= 15 is 0 Å². The first kappa shape index (κ1) is 17.7. The SMILES string of the molecule is CCCCCCCCCc1cccc(C(=NO)C(C)O)c1. The molecule has 0 spiro atoms. The Balaban J connectivity index is 2.39. The summed E-state index contributed by atoms with van der Waals surface area (Å²) in [5.74, 6) is 0. The molecule has 0 bridgehead atoms. The van der Waals surface area contributed by atoms with Gasteiger partial charge in [-0.1, -0.05) is 68.8 Å². The summed E-state index contributed by atoms with van der Waals surface area (Å²) in [6, 6.07) is 7.94. The topological polar surface area (TPSA) is 52.8 Å². The van der Waals surface area contributed by atoms with Gasteiger partial charge in [0.05, 0.1) is 6.10 Å². The van der Waals surface area contributed by atoms with Crippen molar-refractivity contribution in [3.63, 3.8) is 0 Å². The minimum Gasteiger partial charge on any atom is -0.411 e. The summed E-state index contributed by atoms with van der Waals surface area (Å²) in [4.78, 5) is 0. The van der Waals surface area contributed by atoms with Crippen molar-refractivity contribution in [1.82, 2.24) is 0 Å². The fraction of sp³-hybridized carbons (Fsp3) is 0.611. The Bertz CT molecular complexity index is 427. The highest BCUT2D eigenvalue weighted by molar-refractivity contribution is 6.03. The standard InChI is InChI=1S/C18H29NO2/c1-3-4-5-6-7-8-9-11-16-12-10-13-17(14-16)18(19-21)15(2)20/h10,12-15,20-21H,3-9,11H2,1-2H3. The fourth-order valence-electron chi connectivity index (χ4n) is 2.55. The number of rotatable bonds is 10. The average molecular weight is 291 g/mol. The van der Waals surface area contributed by atoms with Gasteiger partial charge in [-0.05, 0) is 31.4 Å². The van der Waals surface area contributed by atoms with Crippen LogP contribution >= 0.6 is 0 Å². The molecule has 0 saturated heterocycles. The smallest absolute Gasteiger partial charge is 0.115 e. The number of aliphatic hydroxyl groups excluding tert-OH is 1. The first-order valence-electron chi connectivity index (χ1n) is 8.18. The van der Waals surface area contributed by atoms with Crippen LogP contribution in [0.15, 0.2) is 29.4 Å². The highest BCUT2D eigenvalue weighted by Gasteiger charge is 2.10. The van der Waals surface area contributed by atoms with E-state index in [4.69, 9.17) is 5.21 Å². The lowest BCUT2D eigenvalue weighted by Crippen LogP contribution is -2.17. The molecule has 3 heteroatoms. The van der Waals surface area contributed by atoms with Gasteiger partial charge >= 0.3 is 0 Å². The van der Waals surface area contributed by atoms with Gasteiger partial charge in [-0.15, -0.1) is 0 Å². The van der Waals surface area contributed by atoms with Gasteiger partial charge in [0.25, 0.3) is 0 Å². The summed E-state index contributed by atoms with van der Waals surface area (Å²) in [7, 11) is 0. The third-order valence-corrected chi connectivity index (χ3v) is 3.80. The van der Waals surface area contributed by atoms with Crippen molar-refractivity contribution in [3.8, 4) is 0 Å². The molecule has 0 aliphatic rings. The normalized spacial score (nSPS) is 13.4. The molecule has 2 N–H and O–H groups in total. The van der Waals surface area contributed by atoms with Gasteiger partial charge < -0.3 is 10.3 Å². The lowest BCUT2D eigenvalue weighted by molar-refractivity contribution is 0.248. The summed E-state index contributed by atoms with van der Waals surface area (Å²) in [5, 5.41) is 21.8. The molecule has 1 atom stereocenters. The Morgan fingerprint density at radius 1 is 1.10 bits per heavy atom. The summed E-state index contributed by atoms with van der Waals surface area (Å²) < 4.78 is 0. The van der Waals surface area contributed by atoms with Gasteiger partial charge in [-0.3, -0.25) is 0 Å². The maximum absolute atomic E-state index is 9.58. The zero-order valence-corrected chi connectivity index (χ0v) is 13.4. The number of unbranched alkanes of at least 4 members (excludes halogenated alkanes) is 6. The molecule has 0 aliphatic carbocycles. The summed E-state index contributed by atoms with van der Waals surface area (Å²) in [5.41, 5.74) is 2.37. The quantitative estimate of drug-likeness (QED) is 0.288. The summed E-state index contributed by atoms with van der Waals surface area (Å²) in [6.45, 7) is 3.85. The van der Waals surface area contributed by atoms with Crippen molar-refractivity contribution >= 4 is 5.71 Å². The molecule has 1 unspecified atom stereocenters. The highest BCUT2D eigenvalue weighted by Crippen LogP contribution is 2.13. The molecule has 1 aromatic rings. The molecule has 0 aromatic heterocycles. The summed E-state index contributed by atoms with van der Waals surface area (Å²) in [6.07, 6.45) is 9.41. The van der Waals surface area contributed by atoms with Crippen molar-refractivity contribution in [2.45, 2.75) is 71.3 Å². The van der Waals surface area contributed by atoms with Crippen molar-refractivity contribution in [2.75, 3.05) is 0 Å². The van der Waals surface area contributed by atoms with E-state index in [1.54, 1.807) is 6.92 Å². The molecule has 3 nitrogen and oxygen atoms in total. The van der Waals surface area contributed by atoms with Crippen LogP contribution in [0.5, 0.6) is 0 Å². The minimum atomic E-state index is -0.760. The van der Waals surface area contributed by atoms with E-state index < -0.39 is 6.10 Å². The highest BCUT2D eigenvalue weighted by atomic mass is 16.4. The zero-order chi connectivity index (χ0) is 15.5. The van der Waals surface area contributed by atoms with Crippen molar-refractivity contribution in [3.05, 3.63) is 35.4 Å². The molecule has 0 aliphatic heterocycles. The number of benzene rings is 1. The van der Waals surface area contributed by atoms with Gasteiger partial charge in [0.15, 0.2) is 0 Å². The van der Waals surface area contributed by atoms with Gasteiger partial charge in [0, 0.05) is 5.56 Å². The largest absolute Gasteiger partial charge is 0.411 e. The molecule has 0 saturated carbocycles. The van der Waals surface area contributed by atoms with E-state index in [-0.39, 0.29) is 0 Å². The molecular weight excluding hydrogens is 262 g/mol. The van der Waals surface area contributed by atoms with E-state index in [1.165, 1.54) is 50.5 Å². The molecule has 1 rings (SSSR count). The predicted molar refractivity (Wildman–Crippen MR) is 88.1 cm³/mol. The van der Waals surface area contributed by atoms with Crippen LogP contribution in [0.25, 0.3) is 0 Å². The Morgan fingerprint density at radius 3 is 2.38 bits per heavy atom. The molecule has 0 fully saturated rings. The van der Waals surface area contributed by atoms with E-state index in [0.717, 1.165) is 12.0 Å². The van der Waals surface area contributed by atoms with Crippen LogP contribution in [-0.2, 0) is 6.42 Å². The predicted octanol–water partition coefficient (Wildman–Crippen LogP) is 4.54. The van der Waals surface area contributed by atoms with E-state index in [1.807, 2.05) is 18.2 Å². The lowest BCUT2D eigenvalue weighted by atomic mass is 10.00. The van der Waals surface area contributed by atoms with Crippen LogP contribution in [0.4, 0.5) is 0 Å². The monoisotopic (exact) mass is 291 g/mol. The summed E-state index contributed by atoms with van der Waals surface area (Å²) >= 11 is 0. The molecule has 0 amide bonds. The van der Waals surface area contributed by atoms with Crippen molar-refractivity contribution in [2.24, 2.45) is 5.16 Å². The van der Waals surface area contributed by atoms with Gasteiger partial charge in [-0.2, -0.15) is 0 Å². The van der Waals surface area contributed by atoms with Crippen LogP contribution < -0.4 is 0 Å². The zero-order valence-electron chi connectivity index (χ0n) is 13.4. The molecule has 0 heterocycles. The number of aliphatic hydroxyl groups is 1. The van der Waals surface area contributed by atoms with Crippen molar-refractivity contribution in [1.29, 1.82) is 0 Å².